The van der Waals surface area contributed by atoms with Crippen molar-refractivity contribution < 1.29 is 19.1 Å². The van der Waals surface area contributed by atoms with Crippen LogP contribution < -0.4 is 5.32 Å². The van der Waals surface area contributed by atoms with E-state index < -0.39 is 11.9 Å². The van der Waals surface area contributed by atoms with Gasteiger partial charge < -0.3 is 19.7 Å². The molecule has 1 unspecified atom stereocenters. The zero-order valence-electron chi connectivity index (χ0n) is 12.8. The molecule has 0 saturated carbocycles. The molecule has 2 rings (SSSR count). The van der Waals surface area contributed by atoms with Crippen molar-refractivity contribution >= 4 is 12.0 Å². The van der Waals surface area contributed by atoms with E-state index in [1.54, 1.807) is 4.90 Å². The molecule has 1 aromatic heterocycles. The SMILES string of the molecule is Cc1cc(C(C)NC(=O)N2C[C@@H](C)[C@H](C(=O)O)C2)c(C)o1. The van der Waals surface area contributed by atoms with E-state index in [2.05, 4.69) is 5.32 Å². The third kappa shape index (κ3) is 3.20. The van der Waals surface area contributed by atoms with Gasteiger partial charge in [0.2, 0.25) is 0 Å². The molecule has 1 saturated heterocycles. The Balaban J connectivity index is 1.99. The van der Waals surface area contributed by atoms with E-state index in [0.717, 1.165) is 17.1 Å². The van der Waals surface area contributed by atoms with Crippen LogP contribution in [0.25, 0.3) is 0 Å². The molecule has 2 N–H and O–H groups in total. The van der Waals surface area contributed by atoms with Crippen LogP contribution in [0.4, 0.5) is 4.79 Å². The predicted molar refractivity (Wildman–Crippen MR) is 77.0 cm³/mol. The number of nitrogens with zero attached hydrogens (tertiary/aromatic N) is 1. The minimum absolute atomic E-state index is 0.0264. The van der Waals surface area contributed by atoms with Gasteiger partial charge in [-0.25, -0.2) is 4.79 Å². The van der Waals surface area contributed by atoms with Gasteiger partial charge >= 0.3 is 12.0 Å². The zero-order valence-corrected chi connectivity index (χ0v) is 12.8. The average Bonchev–Trinajstić information content (AvgIpc) is 2.92. The van der Waals surface area contributed by atoms with Crippen molar-refractivity contribution in [1.82, 2.24) is 10.2 Å². The molecule has 0 bridgehead atoms. The lowest BCUT2D eigenvalue weighted by Crippen LogP contribution is -2.40. The van der Waals surface area contributed by atoms with Gasteiger partial charge in [-0.15, -0.1) is 0 Å². The molecular weight excluding hydrogens is 272 g/mol. The van der Waals surface area contributed by atoms with Crippen LogP contribution in [0.5, 0.6) is 0 Å². The molecule has 3 atom stereocenters. The number of carboxylic acids is 1. The lowest BCUT2D eigenvalue weighted by molar-refractivity contribution is -0.142. The third-order valence-corrected chi connectivity index (χ3v) is 4.10. The lowest BCUT2D eigenvalue weighted by Gasteiger charge is -2.20. The van der Waals surface area contributed by atoms with Gasteiger partial charge in [0.25, 0.3) is 0 Å². The van der Waals surface area contributed by atoms with Crippen LogP contribution in [-0.4, -0.2) is 35.1 Å². The smallest absolute Gasteiger partial charge is 0.317 e. The van der Waals surface area contributed by atoms with Crippen molar-refractivity contribution in [3.63, 3.8) is 0 Å². The normalized spacial score (nSPS) is 23.1. The van der Waals surface area contributed by atoms with E-state index >= 15 is 0 Å². The summed E-state index contributed by atoms with van der Waals surface area (Å²) < 4.78 is 5.47. The fourth-order valence-electron chi connectivity index (χ4n) is 2.89. The Hall–Kier alpha value is -1.98. The standard InChI is InChI=1S/C15H22N2O4/c1-8-6-17(7-13(8)14(18)19)15(20)16-10(3)12-5-9(2)21-11(12)4/h5,8,10,13H,6-7H2,1-4H3,(H,16,20)(H,18,19)/t8-,10?,13-/m1/s1. The van der Waals surface area contributed by atoms with Gasteiger partial charge in [-0.05, 0) is 32.8 Å². The Morgan fingerprint density at radius 3 is 2.57 bits per heavy atom. The van der Waals surface area contributed by atoms with Crippen LogP contribution in [0.3, 0.4) is 0 Å². The van der Waals surface area contributed by atoms with E-state index in [1.807, 2.05) is 33.8 Å². The molecule has 1 aliphatic heterocycles. The summed E-state index contributed by atoms with van der Waals surface area (Å²) >= 11 is 0. The van der Waals surface area contributed by atoms with E-state index in [-0.39, 0.29) is 24.5 Å². The van der Waals surface area contributed by atoms with Crippen molar-refractivity contribution in [2.24, 2.45) is 11.8 Å². The van der Waals surface area contributed by atoms with Gasteiger partial charge in [-0.1, -0.05) is 6.92 Å². The Bertz CT molecular complexity index is 552. The minimum atomic E-state index is -0.841. The van der Waals surface area contributed by atoms with Gasteiger partial charge in [0.15, 0.2) is 0 Å². The topological polar surface area (TPSA) is 82.8 Å². The second-order valence-corrected chi connectivity index (χ2v) is 5.87. The summed E-state index contributed by atoms with van der Waals surface area (Å²) in [5.41, 5.74) is 0.947. The molecule has 2 amide bonds. The predicted octanol–water partition coefficient (Wildman–Crippen LogP) is 2.32. The molecular formula is C15H22N2O4. The molecule has 1 aromatic rings. The van der Waals surface area contributed by atoms with Crippen LogP contribution >= 0.6 is 0 Å². The van der Waals surface area contributed by atoms with Gasteiger partial charge in [0, 0.05) is 18.7 Å². The molecule has 0 aliphatic carbocycles. The molecule has 6 heteroatoms. The number of hydrogen-bond donors (Lipinski definition) is 2. The van der Waals surface area contributed by atoms with E-state index in [1.165, 1.54) is 0 Å². The van der Waals surface area contributed by atoms with Crippen LogP contribution in [0.2, 0.25) is 0 Å². The zero-order chi connectivity index (χ0) is 15.7. The van der Waals surface area contributed by atoms with Gasteiger partial charge in [0.1, 0.15) is 11.5 Å². The molecule has 21 heavy (non-hydrogen) atoms. The largest absolute Gasteiger partial charge is 0.481 e. The van der Waals surface area contributed by atoms with E-state index in [0.29, 0.717) is 6.54 Å². The second kappa shape index (κ2) is 5.79. The molecule has 1 aliphatic rings. The number of carbonyl (C=O) groups excluding carboxylic acids is 1. The maximum absolute atomic E-state index is 12.3. The summed E-state index contributed by atoms with van der Waals surface area (Å²) in [5, 5.41) is 12.0. The monoisotopic (exact) mass is 294 g/mol. The van der Waals surface area contributed by atoms with Crippen molar-refractivity contribution in [2.75, 3.05) is 13.1 Å². The molecule has 116 valence electrons. The highest BCUT2D eigenvalue weighted by Gasteiger charge is 2.37. The number of carboxylic acid groups (broad SMARTS) is 1. The highest BCUT2D eigenvalue weighted by molar-refractivity contribution is 5.78. The number of likely N-dealkylation sites (tertiary alicyclic amines) is 1. The van der Waals surface area contributed by atoms with Gasteiger partial charge in [-0.2, -0.15) is 0 Å². The highest BCUT2D eigenvalue weighted by Crippen LogP contribution is 2.25. The number of furan rings is 1. The number of amides is 2. The summed E-state index contributed by atoms with van der Waals surface area (Å²) in [4.78, 5) is 24.9. The number of carbonyl (C=O) groups is 2. The number of hydrogen-bond acceptors (Lipinski definition) is 3. The Kier molecular flexibility index (Phi) is 4.25. The lowest BCUT2D eigenvalue weighted by atomic mass is 9.99. The minimum Gasteiger partial charge on any atom is -0.481 e. The molecule has 0 spiro atoms. The van der Waals surface area contributed by atoms with Crippen LogP contribution in [0.1, 0.15) is 37.0 Å². The van der Waals surface area contributed by atoms with Gasteiger partial charge in [-0.3, -0.25) is 4.79 Å². The number of aliphatic carboxylic acids is 1. The summed E-state index contributed by atoms with van der Waals surface area (Å²) in [6.45, 7) is 8.22. The second-order valence-electron chi connectivity index (χ2n) is 5.87. The van der Waals surface area contributed by atoms with Gasteiger partial charge in [0.05, 0.1) is 12.0 Å². The summed E-state index contributed by atoms with van der Waals surface area (Å²) in [6.07, 6.45) is 0. The first-order chi connectivity index (χ1) is 9.79. The van der Waals surface area contributed by atoms with Crippen LogP contribution in [0, 0.1) is 25.7 Å². The Morgan fingerprint density at radius 1 is 1.43 bits per heavy atom. The van der Waals surface area contributed by atoms with E-state index in [9.17, 15) is 9.59 Å². The number of nitrogens with one attached hydrogen (secondary N) is 1. The number of urea groups is 1. The summed E-state index contributed by atoms with van der Waals surface area (Å²) in [6, 6.07) is 1.51. The molecule has 0 radical (unpaired) electrons. The maximum atomic E-state index is 12.3. The average molecular weight is 294 g/mol. The van der Waals surface area contributed by atoms with Crippen molar-refractivity contribution in [1.29, 1.82) is 0 Å². The van der Waals surface area contributed by atoms with Crippen LogP contribution in [-0.2, 0) is 4.79 Å². The number of aryl methyl sites for hydroxylation is 2. The van der Waals surface area contributed by atoms with Crippen LogP contribution in [0.15, 0.2) is 10.5 Å². The summed E-state index contributed by atoms with van der Waals surface area (Å²) in [7, 11) is 0. The first kappa shape index (κ1) is 15.4. The number of rotatable bonds is 3. The quantitative estimate of drug-likeness (QED) is 0.896. The highest BCUT2D eigenvalue weighted by atomic mass is 16.4. The molecule has 6 nitrogen and oxygen atoms in total. The van der Waals surface area contributed by atoms with Crippen molar-refractivity contribution in [3.05, 3.63) is 23.2 Å². The van der Waals surface area contributed by atoms with Crippen molar-refractivity contribution in [2.45, 2.75) is 33.7 Å². The van der Waals surface area contributed by atoms with Crippen molar-refractivity contribution in [3.8, 4) is 0 Å². The fraction of sp³-hybridized carbons (Fsp3) is 0.600. The first-order valence-electron chi connectivity index (χ1n) is 7.14. The first-order valence-corrected chi connectivity index (χ1v) is 7.14. The fourth-order valence-corrected chi connectivity index (χ4v) is 2.89. The Morgan fingerprint density at radius 2 is 2.10 bits per heavy atom. The summed E-state index contributed by atoms with van der Waals surface area (Å²) in [5.74, 6) is 0.250. The molecule has 0 aromatic carbocycles. The Labute approximate surface area is 124 Å². The maximum Gasteiger partial charge on any atom is 0.317 e. The molecule has 1 fully saturated rings. The molecule has 2 heterocycles. The third-order valence-electron chi connectivity index (χ3n) is 4.10. The van der Waals surface area contributed by atoms with E-state index in [4.69, 9.17) is 9.52 Å².